The van der Waals surface area contributed by atoms with Crippen molar-refractivity contribution in [3.05, 3.63) is 82.4 Å². The number of ether oxygens (including phenoxy) is 2. The zero-order valence-electron chi connectivity index (χ0n) is 16.1. The molecule has 0 spiro atoms. The van der Waals surface area contributed by atoms with Crippen LogP contribution in [0, 0.1) is 41.0 Å². The highest BCUT2D eigenvalue weighted by Crippen LogP contribution is 2.28. The maximum atomic E-state index is 14.5. The quantitative estimate of drug-likeness (QED) is 0.386. The molecule has 0 aromatic heterocycles. The van der Waals surface area contributed by atoms with Crippen molar-refractivity contribution in [1.29, 1.82) is 0 Å². The molecule has 0 aliphatic carbocycles. The van der Waals surface area contributed by atoms with Crippen LogP contribution < -0.4 is 0 Å². The highest BCUT2D eigenvalue weighted by Gasteiger charge is 2.24. The average Bonchev–Trinajstić information content (AvgIpc) is 2.75. The van der Waals surface area contributed by atoms with E-state index in [1.54, 1.807) is 0 Å². The molecule has 0 radical (unpaired) electrons. The summed E-state index contributed by atoms with van der Waals surface area (Å²) in [4.78, 5) is 0. The van der Waals surface area contributed by atoms with Gasteiger partial charge in [-0.1, -0.05) is 30.9 Å². The van der Waals surface area contributed by atoms with E-state index in [4.69, 9.17) is 9.47 Å². The molecule has 3 aromatic carbocycles. The second-order valence-corrected chi connectivity index (χ2v) is 7.18. The average molecular weight is 414 g/mol. The van der Waals surface area contributed by atoms with E-state index in [9.17, 15) is 17.6 Å². The highest BCUT2D eigenvalue weighted by molar-refractivity contribution is 5.84. The minimum absolute atomic E-state index is 0.111. The summed E-state index contributed by atoms with van der Waals surface area (Å²) >= 11 is 0. The van der Waals surface area contributed by atoms with E-state index in [-0.39, 0.29) is 22.4 Å². The van der Waals surface area contributed by atoms with Crippen LogP contribution in [0.2, 0.25) is 0 Å². The molecule has 1 aliphatic rings. The Morgan fingerprint density at radius 1 is 0.867 bits per heavy atom. The van der Waals surface area contributed by atoms with Gasteiger partial charge in [0.2, 0.25) is 0 Å². The maximum Gasteiger partial charge on any atom is 0.184 e. The lowest BCUT2D eigenvalue weighted by Crippen LogP contribution is -2.26. The lowest BCUT2D eigenvalue weighted by atomic mass is 10.0. The van der Waals surface area contributed by atoms with Crippen LogP contribution in [0.3, 0.4) is 0 Å². The zero-order valence-corrected chi connectivity index (χ0v) is 16.1. The maximum absolute atomic E-state index is 14.5. The van der Waals surface area contributed by atoms with Gasteiger partial charge in [-0.3, -0.25) is 0 Å². The normalized spacial score (nSPS) is 18.8. The molecule has 0 amide bonds. The molecule has 0 saturated carbocycles. The summed E-state index contributed by atoms with van der Waals surface area (Å²) < 4.78 is 67.2. The van der Waals surface area contributed by atoms with E-state index >= 15 is 0 Å². The number of rotatable bonds is 2. The Bertz CT molecular complexity index is 1130. The number of halogens is 4. The Labute approximate surface area is 171 Å². The number of hydrogen-bond acceptors (Lipinski definition) is 2. The monoisotopic (exact) mass is 414 g/mol. The number of benzene rings is 3. The first-order valence-electron chi connectivity index (χ1n) is 9.58. The third-order valence-electron chi connectivity index (χ3n) is 5.12. The summed E-state index contributed by atoms with van der Waals surface area (Å²) in [5.41, 5.74) is 0.292. The first kappa shape index (κ1) is 20.4. The van der Waals surface area contributed by atoms with Crippen LogP contribution in [-0.2, 0) is 9.47 Å². The van der Waals surface area contributed by atoms with Gasteiger partial charge >= 0.3 is 0 Å². The van der Waals surface area contributed by atoms with Gasteiger partial charge < -0.3 is 9.47 Å². The topological polar surface area (TPSA) is 18.5 Å². The minimum Gasteiger partial charge on any atom is -0.348 e. The van der Waals surface area contributed by atoms with Gasteiger partial charge in [0.1, 0.15) is 11.6 Å². The second-order valence-electron chi connectivity index (χ2n) is 7.18. The van der Waals surface area contributed by atoms with Gasteiger partial charge in [-0.05, 0) is 42.1 Å². The summed E-state index contributed by atoms with van der Waals surface area (Å²) in [6, 6.07) is 9.13. The largest absolute Gasteiger partial charge is 0.348 e. The summed E-state index contributed by atoms with van der Waals surface area (Å²) in [7, 11) is 0. The van der Waals surface area contributed by atoms with Gasteiger partial charge in [0, 0.05) is 22.4 Å². The predicted molar refractivity (Wildman–Crippen MR) is 105 cm³/mol. The lowest BCUT2D eigenvalue weighted by molar-refractivity contribution is -0.205. The summed E-state index contributed by atoms with van der Waals surface area (Å²) in [5.74, 6) is 1.89. The van der Waals surface area contributed by atoms with Crippen LogP contribution >= 0.6 is 0 Å². The third kappa shape index (κ3) is 4.04. The van der Waals surface area contributed by atoms with Crippen LogP contribution in [0.4, 0.5) is 17.6 Å². The van der Waals surface area contributed by atoms with Crippen molar-refractivity contribution in [2.45, 2.75) is 19.6 Å². The van der Waals surface area contributed by atoms with Crippen molar-refractivity contribution >= 4 is 10.8 Å². The van der Waals surface area contributed by atoms with E-state index in [0.29, 0.717) is 24.2 Å². The molecule has 3 aromatic rings. The standard InChI is InChI=1S/C24H18F4O2/c1-2-14-12-29-24(30-13-14)17-10-21(26)19(22(27)11-17)7-4-15-3-6-18-16(9-15)5-8-20(25)23(18)28/h3,5-6,8-11,14,24H,2,12-13H2,1H3. The molecule has 1 saturated heterocycles. The molecule has 0 unspecified atom stereocenters. The van der Waals surface area contributed by atoms with Gasteiger partial charge in [0.25, 0.3) is 0 Å². The molecule has 154 valence electrons. The molecule has 4 rings (SSSR count). The van der Waals surface area contributed by atoms with Crippen LogP contribution in [0.5, 0.6) is 0 Å². The van der Waals surface area contributed by atoms with Crippen molar-refractivity contribution in [3.8, 4) is 11.8 Å². The fourth-order valence-electron chi connectivity index (χ4n) is 3.30. The Balaban J connectivity index is 1.59. The van der Waals surface area contributed by atoms with E-state index < -0.39 is 29.6 Å². The van der Waals surface area contributed by atoms with Gasteiger partial charge in [-0.25, -0.2) is 17.6 Å². The zero-order chi connectivity index (χ0) is 21.3. The Morgan fingerprint density at radius 3 is 2.23 bits per heavy atom. The molecule has 0 bridgehead atoms. The predicted octanol–water partition coefficient (Wildman–Crippen LogP) is 5.87. The van der Waals surface area contributed by atoms with E-state index in [1.807, 2.05) is 6.92 Å². The molecule has 1 aliphatic heterocycles. The van der Waals surface area contributed by atoms with E-state index in [1.165, 1.54) is 24.3 Å². The Hall–Kier alpha value is -2.88. The van der Waals surface area contributed by atoms with Crippen LogP contribution in [0.15, 0.2) is 42.5 Å². The molecule has 1 fully saturated rings. The summed E-state index contributed by atoms with van der Waals surface area (Å²) in [6.45, 7) is 2.96. The van der Waals surface area contributed by atoms with Crippen LogP contribution in [0.25, 0.3) is 10.8 Å². The molecular weight excluding hydrogens is 396 g/mol. The minimum atomic E-state index is -0.947. The molecule has 0 atom stereocenters. The Kier molecular flexibility index (Phi) is 5.76. The lowest BCUT2D eigenvalue weighted by Gasteiger charge is -2.29. The van der Waals surface area contributed by atoms with Gasteiger partial charge in [0.05, 0.1) is 18.8 Å². The SMILES string of the molecule is CCC1COC(c2cc(F)c(C#Cc3ccc4c(F)c(F)ccc4c3)c(F)c2)OC1. The summed E-state index contributed by atoms with van der Waals surface area (Å²) in [5, 5.41) is 0.550. The molecule has 2 nitrogen and oxygen atoms in total. The highest BCUT2D eigenvalue weighted by atomic mass is 19.2. The van der Waals surface area contributed by atoms with Gasteiger partial charge in [-0.2, -0.15) is 0 Å². The third-order valence-corrected chi connectivity index (χ3v) is 5.12. The number of fused-ring (bicyclic) bond motifs is 1. The first-order chi connectivity index (χ1) is 14.5. The van der Waals surface area contributed by atoms with Crippen molar-refractivity contribution < 1.29 is 27.0 Å². The van der Waals surface area contributed by atoms with Crippen molar-refractivity contribution in [2.24, 2.45) is 5.92 Å². The fourth-order valence-corrected chi connectivity index (χ4v) is 3.30. The van der Waals surface area contributed by atoms with E-state index in [2.05, 4.69) is 11.8 Å². The van der Waals surface area contributed by atoms with Gasteiger partial charge in [-0.15, -0.1) is 0 Å². The molecular formula is C24H18F4O2. The fraction of sp³-hybridized carbons (Fsp3) is 0.250. The van der Waals surface area contributed by atoms with Gasteiger partial charge in [0.15, 0.2) is 17.9 Å². The number of hydrogen-bond donors (Lipinski definition) is 0. The smallest absolute Gasteiger partial charge is 0.184 e. The van der Waals surface area contributed by atoms with Crippen molar-refractivity contribution in [3.63, 3.8) is 0 Å². The molecule has 1 heterocycles. The molecule has 6 heteroatoms. The van der Waals surface area contributed by atoms with Crippen molar-refractivity contribution in [1.82, 2.24) is 0 Å². The molecule has 30 heavy (non-hydrogen) atoms. The second kappa shape index (κ2) is 8.47. The van der Waals surface area contributed by atoms with Crippen LogP contribution in [-0.4, -0.2) is 13.2 Å². The molecule has 0 N–H and O–H groups in total. The first-order valence-corrected chi connectivity index (χ1v) is 9.58. The Morgan fingerprint density at radius 2 is 1.57 bits per heavy atom. The van der Waals surface area contributed by atoms with Crippen molar-refractivity contribution in [2.75, 3.05) is 13.2 Å². The van der Waals surface area contributed by atoms with Crippen LogP contribution in [0.1, 0.15) is 36.3 Å². The van der Waals surface area contributed by atoms with E-state index in [0.717, 1.165) is 24.6 Å². The summed E-state index contributed by atoms with van der Waals surface area (Å²) in [6.07, 6.45) is 0.0925.